The molecule has 8 N–H and O–H groups in total. The van der Waals surface area contributed by atoms with Crippen molar-refractivity contribution < 1.29 is 55.3 Å². The molecule has 0 fully saturated rings. The van der Waals surface area contributed by atoms with E-state index >= 15 is 0 Å². The van der Waals surface area contributed by atoms with Gasteiger partial charge < -0.3 is 35.2 Å². The van der Waals surface area contributed by atoms with Gasteiger partial charge in [0.15, 0.2) is 17.2 Å². The van der Waals surface area contributed by atoms with Crippen LogP contribution in [-0.2, 0) is 25.4 Å². The van der Waals surface area contributed by atoms with Gasteiger partial charge in [0.05, 0.1) is 27.4 Å². The van der Waals surface area contributed by atoms with Crippen molar-refractivity contribution in [2.24, 2.45) is 16.1 Å². The topological polar surface area (TPSA) is 315 Å². The normalized spacial score (nSPS) is 11.6. The number of carboxylic acid groups (broad SMARTS) is 2. The van der Waals surface area contributed by atoms with E-state index in [0.29, 0.717) is 0 Å². The lowest BCUT2D eigenvalue weighted by Crippen LogP contribution is -2.12. The number of aromatic carboxylic acids is 2. The minimum Gasteiger partial charge on any atom is -0.505 e. The van der Waals surface area contributed by atoms with Crippen LogP contribution in [0.25, 0.3) is 10.8 Å². The van der Waals surface area contributed by atoms with Crippen molar-refractivity contribution in [3.8, 4) is 17.5 Å². The Balaban J connectivity index is 1.70. The Kier molecular flexibility index (Phi) is 9.47. The SMILES string of the molecule is NOS(=O)(=O)c1cc(Nc2nc(O)nc(Nc3ccccc3C(=O)O)n2)c2c(O)c(N=Nc3ccccc3C(=O)O)c(O[SH](=O)=O)cc2c1. The number of thiol groups is 1. The Bertz CT molecular complexity index is 2360. The highest BCUT2D eigenvalue weighted by atomic mass is 32.2. The summed E-state index contributed by atoms with van der Waals surface area (Å²) in [4.78, 5) is 34.2. The molecule has 0 saturated carbocycles. The second kappa shape index (κ2) is 13.7. The number of hydrogen-bond donors (Lipinski definition) is 8. The van der Waals surface area contributed by atoms with Crippen molar-refractivity contribution in [3.63, 3.8) is 0 Å². The van der Waals surface area contributed by atoms with Gasteiger partial charge in [0.1, 0.15) is 5.69 Å². The molecule has 5 aromatic rings. The van der Waals surface area contributed by atoms with Crippen LogP contribution in [0.15, 0.2) is 81.9 Å². The van der Waals surface area contributed by atoms with Crippen LogP contribution >= 0.6 is 0 Å². The van der Waals surface area contributed by atoms with E-state index in [9.17, 15) is 46.9 Å². The Morgan fingerprint density at radius 2 is 1.43 bits per heavy atom. The summed E-state index contributed by atoms with van der Waals surface area (Å²) in [5, 5.41) is 53.1. The van der Waals surface area contributed by atoms with Gasteiger partial charge in [-0.3, -0.25) is 0 Å². The lowest BCUT2D eigenvalue weighted by Gasteiger charge is -2.15. The number of carboxylic acids is 2. The standard InChI is InChI=1S/C27H20N8O12S2/c28-47-49(44,45)13-9-12-10-19(46-48(42)43)21(35-34-17-8-4-2-6-15(17)24(39)40)22(36)20(12)18(11-13)30-26-31-25(32-27(41)33-26)29-16-7-3-1-5-14(16)23(37)38/h1-11,36,48H,28H2,(H,37,38)(H,39,40)(H3,29,30,31,32,33,41). The first-order valence-electron chi connectivity index (χ1n) is 13.1. The molecule has 1 aromatic heterocycles. The van der Waals surface area contributed by atoms with Crippen LogP contribution in [0.4, 0.5) is 34.6 Å². The summed E-state index contributed by atoms with van der Waals surface area (Å²) in [6.07, 6.45) is 0. The Morgan fingerprint density at radius 3 is 2.06 bits per heavy atom. The molecule has 5 rings (SSSR count). The number of aromatic nitrogens is 3. The number of nitrogens with two attached hydrogens (primary N) is 1. The van der Waals surface area contributed by atoms with Crippen LogP contribution in [0.1, 0.15) is 20.7 Å². The second-order valence-corrected chi connectivity index (χ2v) is 11.6. The molecule has 0 bridgehead atoms. The number of phenols is 1. The molecule has 252 valence electrons. The summed E-state index contributed by atoms with van der Waals surface area (Å²) in [5.41, 5.74) is -1.56. The Hall–Kier alpha value is -6.49. The second-order valence-electron chi connectivity index (χ2n) is 9.41. The molecule has 0 aliphatic carbocycles. The van der Waals surface area contributed by atoms with E-state index in [1.807, 2.05) is 0 Å². The maximum atomic E-state index is 12.6. The van der Waals surface area contributed by atoms with Gasteiger partial charge in [0.25, 0.3) is 11.0 Å². The van der Waals surface area contributed by atoms with E-state index in [4.69, 9.17) is 10.1 Å². The van der Waals surface area contributed by atoms with Gasteiger partial charge in [0, 0.05) is 5.39 Å². The Morgan fingerprint density at radius 1 is 0.816 bits per heavy atom. The highest BCUT2D eigenvalue weighted by molar-refractivity contribution is 7.86. The molecule has 0 saturated heterocycles. The molecule has 0 unspecified atom stereocenters. The minimum absolute atomic E-state index is 0.0338. The minimum atomic E-state index is -4.66. The van der Waals surface area contributed by atoms with Crippen molar-refractivity contribution in [2.75, 3.05) is 10.6 Å². The fourth-order valence-electron chi connectivity index (χ4n) is 4.35. The number of phenolic OH excluding ortho intramolecular Hbond substituents is 1. The average molecular weight is 713 g/mol. The molecule has 22 heteroatoms. The first-order valence-corrected chi connectivity index (χ1v) is 15.6. The van der Waals surface area contributed by atoms with Gasteiger partial charge in [-0.2, -0.15) is 42.0 Å². The molecule has 0 radical (unpaired) electrons. The van der Waals surface area contributed by atoms with Crippen molar-refractivity contribution in [1.82, 2.24) is 15.0 Å². The molecule has 20 nitrogen and oxygen atoms in total. The van der Waals surface area contributed by atoms with Gasteiger partial charge in [0.2, 0.25) is 11.9 Å². The summed E-state index contributed by atoms with van der Waals surface area (Å²) in [6, 6.07) is 13.0. The van der Waals surface area contributed by atoms with Crippen LogP contribution in [-0.4, -0.2) is 64.2 Å². The average Bonchev–Trinajstić information content (AvgIpc) is 3.04. The number of hydrogen-bond acceptors (Lipinski definition) is 18. The fourth-order valence-corrected chi connectivity index (χ4v) is 5.29. The van der Waals surface area contributed by atoms with Gasteiger partial charge in [-0.15, -0.1) is 10.2 Å². The van der Waals surface area contributed by atoms with E-state index in [2.05, 4.69) is 40.1 Å². The summed E-state index contributed by atoms with van der Waals surface area (Å²) in [5.74, 6) is -0.0307. The highest BCUT2D eigenvalue weighted by Gasteiger charge is 2.24. The van der Waals surface area contributed by atoms with Crippen LogP contribution in [0, 0.1) is 0 Å². The maximum Gasteiger partial charge on any atom is 0.337 e. The van der Waals surface area contributed by atoms with E-state index in [0.717, 1.165) is 18.2 Å². The third-order valence-corrected chi connectivity index (χ3v) is 7.79. The molecule has 0 amide bonds. The van der Waals surface area contributed by atoms with E-state index in [1.165, 1.54) is 48.5 Å². The number of azo groups is 1. The molecule has 0 atom stereocenters. The molecule has 0 spiro atoms. The number of nitrogens with one attached hydrogen (secondary N) is 2. The number of para-hydroxylation sites is 1. The van der Waals surface area contributed by atoms with Gasteiger partial charge >= 0.3 is 28.1 Å². The third-order valence-electron chi connectivity index (χ3n) is 6.38. The van der Waals surface area contributed by atoms with E-state index < -0.39 is 67.1 Å². The number of anilines is 4. The smallest absolute Gasteiger partial charge is 0.337 e. The molecule has 49 heavy (non-hydrogen) atoms. The highest BCUT2D eigenvalue weighted by Crippen LogP contribution is 2.47. The van der Waals surface area contributed by atoms with Gasteiger partial charge in [-0.05, 0) is 47.9 Å². The zero-order chi connectivity index (χ0) is 35.5. The lowest BCUT2D eigenvalue weighted by molar-refractivity contribution is 0.0687. The van der Waals surface area contributed by atoms with Crippen LogP contribution in [0.2, 0.25) is 0 Å². The first-order chi connectivity index (χ1) is 23.3. The maximum absolute atomic E-state index is 12.6. The third kappa shape index (κ3) is 7.41. The predicted octanol–water partition coefficient (Wildman–Crippen LogP) is 3.22. The largest absolute Gasteiger partial charge is 0.505 e. The predicted molar refractivity (Wildman–Crippen MR) is 168 cm³/mol. The van der Waals surface area contributed by atoms with Crippen LogP contribution in [0.3, 0.4) is 0 Å². The molecule has 0 aliphatic rings. The first kappa shape index (κ1) is 33.9. The van der Waals surface area contributed by atoms with Gasteiger partial charge in [-0.25, -0.2) is 9.59 Å². The monoisotopic (exact) mass is 712 g/mol. The summed E-state index contributed by atoms with van der Waals surface area (Å²) >= 11 is 0. The van der Waals surface area contributed by atoms with Crippen molar-refractivity contribution >= 4 is 78.5 Å². The van der Waals surface area contributed by atoms with E-state index in [-0.39, 0.29) is 44.9 Å². The van der Waals surface area contributed by atoms with Crippen molar-refractivity contribution in [3.05, 3.63) is 77.9 Å². The Labute approximate surface area is 275 Å². The fraction of sp³-hybridized carbons (Fsp3) is 0. The van der Waals surface area contributed by atoms with Gasteiger partial charge in [-0.1, -0.05) is 24.3 Å². The zero-order valence-electron chi connectivity index (χ0n) is 24.1. The zero-order valence-corrected chi connectivity index (χ0v) is 25.8. The molecule has 0 aliphatic heterocycles. The quantitative estimate of drug-likeness (QED) is 0.0523. The molecule has 4 aromatic carbocycles. The number of aromatic hydroxyl groups is 2. The van der Waals surface area contributed by atoms with Crippen molar-refractivity contribution in [1.29, 1.82) is 0 Å². The van der Waals surface area contributed by atoms with Crippen LogP contribution in [0.5, 0.6) is 17.5 Å². The van der Waals surface area contributed by atoms with Crippen LogP contribution < -0.4 is 20.7 Å². The summed E-state index contributed by atoms with van der Waals surface area (Å²) < 4.78 is 57.3. The number of benzene rings is 4. The number of fused-ring (bicyclic) bond motifs is 1. The molecular formula is C27H20N8O12S2. The number of rotatable bonds is 12. The van der Waals surface area contributed by atoms with E-state index in [1.54, 1.807) is 0 Å². The number of carbonyl (C=O) groups is 2. The van der Waals surface area contributed by atoms with Crippen molar-refractivity contribution in [2.45, 2.75) is 4.90 Å². The lowest BCUT2D eigenvalue weighted by atomic mass is 10.1. The molecule has 1 heterocycles. The molecular weight excluding hydrogens is 692 g/mol. The summed E-state index contributed by atoms with van der Waals surface area (Å²) in [7, 11) is -8.31. The number of nitrogens with zero attached hydrogens (tertiary/aromatic N) is 5. The summed E-state index contributed by atoms with van der Waals surface area (Å²) in [6.45, 7) is 0.